The normalized spacial score (nSPS) is 14.4. The van der Waals surface area contributed by atoms with Crippen LogP contribution in [0.25, 0.3) is 22.1 Å². The summed E-state index contributed by atoms with van der Waals surface area (Å²) in [6, 6.07) is 9.99. The largest absolute Gasteiger partial charge is 0.493 e. The van der Waals surface area contributed by atoms with Gasteiger partial charge in [-0.05, 0) is 48.7 Å². The lowest BCUT2D eigenvalue weighted by Crippen LogP contribution is -2.26. The molecular weight excluding hydrogens is 418 g/mol. The Kier molecular flexibility index (Phi) is 6.18. The molecule has 0 atom stereocenters. The van der Waals surface area contributed by atoms with Gasteiger partial charge in [0.25, 0.3) is 0 Å². The molecule has 1 aliphatic carbocycles. The summed E-state index contributed by atoms with van der Waals surface area (Å²) < 4.78 is 16.7. The van der Waals surface area contributed by atoms with Crippen LogP contribution >= 0.6 is 11.6 Å². The van der Waals surface area contributed by atoms with Crippen molar-refractivity contribution >= 4 is 34.4 Å². The predicted octanol–water partition coefficient (Wildman–Crippen LogP) is 5.65. The Labute approximate surface area is 185 Å². The molecule has 1 fully saturated rings. The van der Waals surface area contributed by atoms with Gasteiger partial charge >= 0.3 is 0 Å². The van der Waals surface area contributed by atoms with Gasteiger partial charge in [-0.3, -0.25) is 14.9 Å². The molecule has 1 saturated carbocycles. The second-order valence-corrected chi connectivity index (χ2v) is 8.11. The van der Waals surface area contributed by atoms with Crippen molar-refractivity contribution in [1.82, 2.24) is 0 Å². The average molecular weight is 442 g/mol. The molecule has 2 aromatic carbocycles. The van der Waals surface area contributed by atoms with Gasteiger partial charge in [-0.1, -0.05) is 36.9 Å². The molecular formula is C24H24ClNO5. The highest BCUT2D eigenvalue weighted by molar-refractivity contribution is 6.31. The second-order valence-electron chi connectivity index (χ2n) is 7.67. The Morgan fingerprint density at radius 1 is 1.03 bits per heavy atom. The maximum atomic E-state index is 13.5. The average Bonchev–Trinajstić information content (AvgIpc) is 2.80. The fraction of sp³-hybridized carbons (Fsp3) is 0.333. The molecule has 4 rings (SSSR count). The minimum Gasteiger partial charge on any atom is -0.493 e. The highest BCUT2D eigenvalue weighted by Crippen LogP contribution is 2.36. The van der Waals surface area contributed by atoms with Crippen molar-refractivity contribution < 1.29 is 18.7 Å². The smallest absolute Gasteiger partial charge is 0.229 e. The topological polar surface area (TPSA) is 77.8 Å². The first-order valence-corrected chi connectivity index (χ1v) is 10.7. The molecule has 1 amide bonds. The van der Waals surface area contributed by atoms with Crippen molar-refractivity contribution in [3.05, 3.63) is 51.6 Å². The zero-order valence-corrected chi connectivity index (χ0v) is 18.3. The molecule has 0 unspecified atom stereocenters. The van der Waals surface area contributed by atoms with Crippen LogP contribution in [0.5, 0.6) is 11.5 Å². The first kappa shape index (κ1) is 21.2. The molecule has 1 aromatic heterocycles. The van der Waals surface area contributed by atoms with E-state index in [1.54, 1.807) is 43.5 Å². The molecule has 31 heavy (non-hydrogen) atoms. The Hall–Kier alpha value is -2.99. The summed E-state index contributed by atoms with van der Waals surface area (Å²) in [5.74, 6) is 0.918. The summed E-state index contributed by atoms with van der Waals surface area (Å²) in [6.07, 6.45) is 4.88. The fourth-order valence-corrected chi connectivity index (χ4v) is 4.26. The molecule has 1 heterocycles. The summed E-state index contributed by atoms with van der Waals surface area (Å²) in [5, 5.41) is 3.65. The van der Waals surface area contributed by atoms with Gasteiger partial charge in [0.2, 0.25) is 17.2 Å². The van der Waals surface area contributed by atoms with Crippen molar-refractivity contribution in [3.8, 4) is 22.6 Å². The number of anilines is 1. The molecule has 0 spiro atoms. The van der Waals surface area contributed by atoms with Gasteiger partial charge < -0.3 is 13.9 Å². The molecule has 0 aliphatic heterocycles. The third-order valence-corrected chi connectivity index (χ3v) is 5.97. The van der Waals surface area contributed by atoms with E-state index in [2.05, 4.69) is 5.32 Å². The zero-order chi connectivity index (χ0) is 22.0. The first-order valence-electron chi connectivity index (χ1n) is 10.3. The van der Waals surface area contributed by atoms with Crippen molar-refractivity contribution in [2.75, 3.05) is 19.5 Å². The molecule has 0 saturated heterocycles. The number of ether oxygens (including phenoxy) is 2. The Balaban J connectivity index is 1.87. The van der Waals surface area contributed by atoms with Crippen LogP contribution in [0.2, 0.25) is 5.02 Å². The van der Waals surface area contributed by atoms with E-state index in [1.807, 2.05) is 0 Å². The quantitative estimate of drug-likeness (QED) is 0.553. The third-order valence-electron chi connectivity index (χ3n) is 5.74. The van der Waals surface area contributed by atoms with E-state index >= 15 is 0 Å². The summed E-state index contributed by atoms with van der Waals surface area (Å²) >= 11 is 6.12. The number of carbonyl (C=O) groups excluding carboxylic acids is 1. The molecule has 162 valence electrons. The van der Waals surface area contributed by atoms with E-state index in [0.29, 0.717) is 33.1 Å². The highest BCUT2D eigenvalue weighted by atomic mass is 35.5. The molecule has 1 aliphatic rings. The van der Waals surface area contributed by atoms with Crippen LogP contribution in [0.4, 0.5) is 5.88 Å². The number of methoxy groups -OCH3 is 2. The molecule has 0 bridgehead atoms. The van der Waals surface area contributed by atoms with Crippen LogP contribution in [0.15, 0.2) is 45.6 Å². The number of amides is 1. The van der Waals surface area contributed by atoms with Gasteiger partial charge in [0.15, 0.2) is 11.5 Å². The fourth-order valence-electron chi connectivity index (χ4n) is 4.09. The van der Waals surface area contributed by atoms with Crippen molar-refractivity contribution in [3.63, 3.8) is 0 Å². The maximum absolute atomic E-state index is 13.5. The predicted molar refractivity (Wildman–Crippen MR) is 121 cm³/mol. The number of nitrogens with one attached hydrogen (secondary N) is 1. The number of benzene rings is 2. The van der Waals surface area contributed by atoms with Gasteiger partial charge in [-0.25, -0.2) is 0 Å². The van der Waals surface area contributed by atoms with E-state index in [1.165, 1.54) is 7.11 Å². The van der Waals surface area contributed by atoms with E-state index in [0.717, 1.165) is 32.1 Å². The lowest BCUT2D eigenvalue weighted by atomic mass is 9.88. The number of rotatable bonds is 5. The van der Waals surface area contributed by atoms with Crippen molar-refractivity contribution in [2.45, 2.75) is 32.1 Å². The highest BCUT2D eigenvalue weighted by Gasteiger charge is 2.25. The molecule has 6 nitrogen and oxygen atoms in total. The van der Waals surface area contributed by atoms with E-state index in [-0.39, 0.29) is 28.7 Å². The number of carbonyl (C=O) groups is 1. The Morgan fingerprint density at radius 3 is 2.48 bits per heavy atom. The summed E-state index contributed by atoms with van der Waals surface area (Å²) in [7, 11) is 3.07. The standard InChI is InChI=1S/C24H24ClNO5/c1-29-19-10-8-15(12-20(19)30-2)21-22(27)17-13-16(25)9-11-18(17)31-24(21)26-23(28)14-6-4-3-5-7-14/h8-14H,3-7H2,1-2H3,(H,26,28). The summed E-state index contributed by atoms with van der Waals surface area (Å²) in [5.41, 5.74) is 0.875. The van der Waals surface area contributed by atoms with Crippen LogP contribution in [0.1, 0.15) is 32.1 Å². The Morgan fingerprint density at radius 2 is 1.77 bits per heavy atom. The third kappa shape index (κ3) is 4.26. The van der Waals surface area contributed by atoms with Gasteiger partial charge in [-0.15, -0.1) is 0 Å². The minimum absolute atomic E-state index is 0.0850. The molecule has 3 aromatic rings. The molecule has 7 heteroatoms. The van der Waals surface area contributed by atoms with Gasteiger partial charge in [0, 0.05) is 10.9 Å². The van der Waals surface area contributed by atoms with E-state index < -0.39 is 0 Å². The lowest BCUT2D eigenvalue weighted by Gasteiger charge is -2.21. The number of hydrogen-bond donors (Lipinski definition) is 1. The van der Waals surface area contributed by atoms with Crippen molar-refractivity contribution in [2.24, 2.45) is 5.92 Å². The van der Waals surface area contributed by atoms with E-state index in [4.69, 9.17) is 25.5 Å². The zero-order valence-electron chi connectivity index (χ0n) is 17.5. The molecule has 1 N–H and O–H groups in total. The number of halogens is 1. The lowest BCUT2D eigenvalue weighted by molar-refractivity contribution is -0.120. The monoisotopic (exact) mass is 441 g/mol. The second kappa shape index (κ2) is 9.02. The van der Waals surface area contributed by atoms with Gasteiger partial charge in [0.1, 0.15) is 5.58 Å². The van der Waals surface area contributed by atoms with Crippen LogP contribution in [-0.2, 0) is 4.79 Å². The van der Waals surface area contributed by atoms with Crippen LogP contribution in [0, 0.1) is 5.92 Å². The van der Waals surface area contributed by atoms with Crippen LogP contribution in [0.3, 0.4) is 0 Å². The molecule has 0 radical (unpaired) electrons. The van der Waals surface area contributed by atoms with Crippen LogP contribution in [-0.4, -0.2) is 20.1 Å². The summed E-state index contributed by atoms with van der Waals surface area (Å²) in [4.78, 5) is 26.4. The van der Waals surface area contributed by atoms with E-state index in [9.17, 15) is 9.59 Å². The van der Waals surface area contributed by atoms with Crippen LogP contribution < -0.4 is 20.2 Å². The SMILES string of the molecule is COc1ccc(-c2c(NC(=O)C3CCCCC3)oc3ccc(Cl)cc3c2=O)cc1OC. The number of hydrogen-bond acceptors (Lipinski definition) is 5. The van der Waals surface area contributed by atoms with Crippen molar-refractivity contribution in [1.29, 1.82) is 0 Å². The maximum Gasteiger partial charge on any atom is 0.229 e. The first-order chi connectivity index (χ1) is 15.0. The number of fused-ring (bicyclic) bond motifs is 1. The van der Waals surface area contributed by atoms with Gasteiger partial charge in [0.05, 0.1) is 25.2 Å². The minimum atomic E-state index is -0.282. The Bertz CT molecular complexity index is 1180. The van der Waals surface area contributed by atoms with Gasteiger partial charge in [-0.2, -0.15) is 0 Å². The summed E-state index contributed by atoms with van der Waals surface area (Å²) in [6.45, 7) is 0.